The Morgan fingerprint density at radius 1 is 0.980 bits per heavy atom. The van der Waals surface area contributed by atoms with Crippen LogP contribution in [0.25, 0.3) is 10.9 Å². The Balaban J connectivity index is 1.45. The first-order chi connectivity index (χ1) is 23.3. The van der Waals surface area contributed by atoms with Gasteiger partial charge in [-0.2, -0.15) is 18.3 Å². The van der Waals surface area contributed by atoms with Crippen molar-refractivity contribution in [2.45, 2.75) is 72.5 Å². The third-order valence-electron chi connectivity index (χ3n) is 8.77. The maximum atomic E-state index is 13.5. The number of hydrogen-bond donors (Lipinski definition) is 3. The second-order valence-electron chi connectivity index (χ2n) is 14.3. The number of nitrogens with one attached hydrogen (secondary N) is 3. The lowest BCUT2D eigenvalue weighted by atomic mass is 9.60. The fraction of sp³-hybridized carbons (Fsp3) is 0.472. The summed E-state index contributed by atoms with van der Waals surface area (Å²) < 4.78 is 65.3. The number of H-pyrrole nitrogens is 1. The van der Waals surface area contributed by atoms with Crippen LogP contribution in [0.15, 0.2) is 48.8 Å². The quantitative estimate of drug-likeness (QED) is 0.0893. The molecule has 2 heterocycles. The molecule has 0 saturated carbocycles. The molecule has 50 heavy (non-hydrogen) atoms. The van der Waals surface area contributed by atoms with E-state index in [2.05, 4.69) is 37.7 Å². The number of nitrogens with zero attached hydrogens (tertiary/aromatic N) is 4. The molecule has 2 aromatic carbocycles. The smallest absolute Gasteiger partial charge is 0.390 e. The Kier molecular flexibility index (Phi) is 11.7. The molecular weight excluding hydrogens is 654 g/mol. The molecule has 271 valence electrons. The van der Waals surface area contributed by atoms with E-state index < -0.39 is 34.8 Å². The van der Waals surface area contributed by atoms with E-state index in [1.165, 1.54) is 31.6 Å². The van der Waals surface area contributed by atoms with E-state index in [1.807, 2.05) is 46.4 Å². The van der Waals surface area contributed by atoms with Gasteiger partial charge < -0.3 is 20.1 Å². The molecule has 0 spiro atoms. The molecule has 0 saturated heterocycles. The second-order valence-corrected chi connectivity index (χ2v) is 14.3. The number of benzene rings is 2. The zero-order valence-electron chi connectivity index (χ0n) is 29.6. The van der Waals surface area contributed by atoms with Crippen LogP contribution in [0.3, 0.4) is 0 Å². The van der Waals surface area contributed by atoms with Gasteiger partial charge >= 0.3 is 6.18 Å². The Hall–Kier alpha value is -4.46. The van der Waals surface area contributed by atoms with Crippen LogP contribution in [0.5, 0.6) is 11.5 Å². The van der Waals surface area contributed by atoms with Gasteiger partial charge in [-0.05, 0) is 48.4 Å². The van der Waals surface area contributed by atoms with Crippen molar-refractivity contribution in [2.24, 2.45) is 10.8 Å². The number of aromatic nitrogens is 4. The van der Waals surface area contributed by atoms with Crippen LogP contribution in [-0.4, -0.2) is 69.5 Å². The Labute approximate surface area is 290 Å². The van der Waals surface area contributed by atoms with E-state index in [9.17, 15) is 22.4 Å². The van der Waals surface area contributed by atoms with E-state index in [0.29, 0.717) is 58.4 Å². The molecule has 0 aliphatic rings. The fourth-order valence-corrected chi connectivity index (χ4v) is 6.28. The van der Waals surface area contributed by atoms with E-state index >= 15 is 0 Å². The van der Waals surface area contributed by atoms with Crippen molar-refractivity contribution >= 4 is 34.1 Å². The molecule has 0 fully saturated rings. The maximum absolute atomic E-state index is 13.5. The lowest BCUT2D eigenvalue weighted by Gasteiger charge is -2.58. The molecule has 0 bridgehead atoms. The lowest BCUT2D eigenvalue weighted by Crippen LogP contribution is -2.63. The third-order valence-corrected chi connectivity index (χ3v) is 8.77. The van der Waals surface area contributed by atoms with Crippen LogP contribution in [0, 0.1) is 23.6 Å². The average molecular weight is 701 g/mol. The predicted octanol–water partition coefficient (Wildman–Crippen LogP) is 8.11. The molecule has 4 rings (SSSR count). The molecule has 1 radical (unpaired) electrons. The number of rotatable bonds is 14. The summed E-state index contributed by atoms with van der Waals surface area (Å²) >= 11 is 0. The van der Waals surface area contributed by atoms with Gasteiger partial charge in [0.05, 0.1) is 32.1 Å². The Morgan fingerprint density at radius 3 is 2.34 bits per heavy atom. The number of fused-ring (bicyclic) bond motifs is 1. The van der Waals surface area contributed by atoms with Crippen molar-refractivity contribution in [1.82, 2.24) is 25.1 Å². The average Bonchev–Trinajstić information content (AvgIpc) is 3.44. The normalized spacial score (nSPS) is 12.7. The largest absolute Gasteiger partial charge is 0.493 e. The summed E-state index contributed by atoms with van der Waals surface area (Å²) in [6.07, 6.45) is -3.42. The molecule has 4 aromatic rings. The zero-order chi connectivity index (χ0) is 36.9. The number of ether oxygens (including phenoxy) is 2. The standard InChI is InChI=1S/C36H46F4N7O3/c1-33(2,3)35(7,34(4,5)6)47(15-13-36(38,39)40)14-10-16-50-29-21-27-26(20-28(29)49-8)32(42-22-41-27)44-30-18-25(45-46-30)19-31(48)43-24-12-9-11-23(37)17-24/h9,11-12,17-18,20-22H,7,10,13-16,19H2,1-6,8H3,(H,43,48)(H2,41,42,44,45,46). The molecule has 0 aliphatic heterocycles. The van der Waals surface area contributed by atoms with Crippen LogP contribution >= 0.6 is 0 Å². The summed E-state index contributed by atoms with van der Waals surface area (Å²) in [5.74, 6) is 0.866. The number of halogens is 4. The van der Waals surface area contributed by atoms with Gasteiger partial charge in [-0.25, -0.2) is 14.4 Å². The Bertz CT molecular complexity index is 1750. The summed E-state index contributed by atoms with van der Waals surface area (Å²) in [5, 5.41) is 13.4. The Morgan fingerprint density at radius 2 is 1.70 bits per heavy atom. The summed E-state index contributed by atoms with van der Waals surface area (Å²) in [6.45, 7) is 17.0. The van der Waals surface area contributed by atoms with E-state index in [-0.39, 0.29) is 25.5 Å². The summed E-state index contributed by atoms with van der Waals surface area (Å²) in [4.78, 5) is 23.0. The van der Waals surface area contributed by atoms with Gasteiger partial charge in [0.1, 0.15) is 18.0 Å². The van der Waals surface area contributed by atoms with Crippen LogP contribution in [0.4, 0.5) is 34.9 Å². The van der Waals surface area contributed by atoms with E-state index in [0.717, 1.165) is 0 Å². The highest BCUT2D eigenvalue weighted by atomic mass is 19.4. The van der Waals surface area contributed by atoms with E-state index in [1.54, 1.807) is 24.3 Å². The first-order valence-corrected chi connectivity index (χ1v) is 16.3. The minimum Gasteiger partial charge on any atom is -0.493 e. The SMILES string of the molecule is [CH2]C(N(CCCOc1cc2ncnc(Nc3cc(CC(=O)Nc4cccc(F)c4)[nH]n3)c2cc1OC)CCC(F)(F)F)(C(C)(C)C)C(C)(C)C. The molecule has 14 heteroatoms. The number of anilines is 3. The van der Waals surface area contributed by atoms with Crippen molar-refractivity contribution in [1.29, 1.82) is 0 Å². The van der Waals surface area contributed by atoms with Gasteiger partial charge in [0.2, 0.25) is 5.91 Å². The van der Waals surface area contributed by atoms with Crippen LogP contribution in [0.1, 0.15) is 60.1 Å². The second kappa shape index (κ2) is 15.2. The van der Waals surface area contributed by atoms with Crippen LogP contribution < -0.4 is 20.1 Å². The molecule has 3 N–H and O–H groups in total. The minimum atomic E-state index is -4.29. The topological polar surface area (TPSA) is 117 Å². The maximum Gasteiger partial charge on any atom is 0.390 e. The highest BCUT2D eigenvalue weighted by Gasteiger charge is 2.51. The van der Waals surface area contributed by atoms with Gasteiger partial charge in [0.25, 0.3) is 0 Å². The molecule has 0 aliphatic carbocycles. The number of methoxy groups -OCH3 is 1. The van der Waals surface area contributed by atoms with Gasteiger partial charge in [-0.15, -0.1) is 0 Å². The van der Waals surface area contributed by atoms with Crippen molar-refractivity contribution < 1.29 is 31.8 Å². The highest BCUT2D eigenvalue weighted by Crippen LogP contribution is 2.48. The third kappa shape index (κ3) is 9.40. The molecule has 0 unspecified atom stereocenters. The van der Waals surface area contributed by atoms with Gasteiger partial charge in [0, 0.05) is 47.5 Å². The van der Waals surface area contributed by atoms with Crippen LogP contribution in [-0.2, 0) is 11.2 Å². The fourth-order valence-electron chi connectivity index (χ4n) is 6.28. The molecule has 10 nitrogen and oxygen atoms in total. The van der Waals surface area contributed by atoms with Gasteiger partial charge in [-0.1, -0.05) is 47.6 Å². The summed E-state index contributed by atoms with van der Waals surface area (Å²) in [7, 11) is 1.50. The summed E-state index contributed by atoms with van der Waals surface area (Å²) in [6, 6.07) is 10.7. The summed E-state index contributed by atoms with van der Waals surface area (Å²) in [5.41, 5.74) is -0.209. The lowest BCUT2D eigenvalue weighted by molar-refractivity contribution is -0.148. The number of aromatic amines is 1. The zero-order valence-corrected chi connectivity index (χ0v) is 29.6. The van der Waals surface area contributed by atoms with Crippen molar-refractivity contribution in [3.8, 4) is 11.5 Å². The molecule has 0 atom stereocenters. The first-order valence-electron chi connectivity index (χ1n) is 16.3. The van der Waals surface area contributed by atoms with Crippen molar-refractivity contribution in [3.05, 3.63) is 67.2 Å². The van der Waals surface area contributed by atoms with Crippen molar-refractivity contribution in [2.75, 3.05) is 37.4 Å². The molecule has 1 amide bonds. The number of carbonyl (C=O) groups excluding carboxylic acids is 1. The van der Waals surface area contributed by atoms with Gasteiger partial charge in [-0.3, -0.25) is 14.8 Å². The predicted molar refractivity (Wildman–Crippen MR) is 186 cm³/mol. The number of carbonyl (C=O) groups is 1. The van der Waals surface area contributed by atoms with E-state index in [4.69, 9.17) is 9.47 Å². The molecular formula is C36H46F4N7O3. The van der Waals surface area contributed by atoms with Crippen molar-refractivity contribution in [3.63, 3.8) is 0 Å². The monoisotopic (exact) mass is 700 g/mol. The highest BCUT2D eigenvalue weighted by molar-refractivity contribution is 5.93. The number of alkyl halides is 3. The van der Waals surface area contributed by atoms with Crippen LogP contribution in [0.2, 0.25) is 0 Å². The molecule has 2 aromatic heterocycles. The first kappa shape index (κ1) is 38.3. The number of hydrogen-bond acceptors (Lipinski definition) is 8. The minimum absolute atomic E-state index is 0.0213. The number of amides is 1. The van der Waals surface area contributed by atoms with Gasteiger partial charge in [0.15, 0.2) is 17.3 Å².